The molecule has 0 saturated carbocycles. The summed E-state index contributed by atoms with van der Waals surface area (Å²) in [4.78, 5) is 39.3. The summed E-state index contributed by atoms with van der Waals surface area (Å²) >= 11 is 1.28. The summed E-state index contributed by atoms with van der Waals surface area (Å²) in [6.45, 7) is 7.67. The molecule has 0 aliphatic rings. The van der Waals surface area contributed by atoms with E-state index in [0.29, 0.717) is 17.4 Å². The number of benzene rings is 2. The van der Waals surface area contributed by atoms with E-state index >= 15 is 0 Å². The Morgan fingerprint density at radius 3 is 2.11 bits per heavy atom. The quantitative estimate of drug-likeness (QED) is 0.345. The monoisotopic (exact) mass is 491 g/mol. The number of rotatable bonds is 9. The van der Waals surface area contributed by atoms with Crippen LogP contribution in [0.4, 0.5) is 11.4 Å². The van der Waals surface area contributed by atoms with Crippen molar-refractivity contribution in [2.75, 3.05) is 30.1 Å². The van der Waals surface area contributed by atoms with Gasteiger partial charge in [0.05, 0.1) is 5.75 Å². The molecule has 0 unspecified atom stereocenters. The lowest BCUT2D eigenvalue weighted by Crippen LogP contribution is -2.55. The highest BCUT2D eigenvalue weighted by Crippen LogP contribution is 2.24. The Balaban J connectivity index is 1.80. The van der Waals surface area contributed by atoms with Crippen molar-refractivity contribution in [2.45, 2.75) is 44.9 Å². The average Bonchev–Trinajstić information content (AvgIpc) is 2.81. The molecule has 0 radical (unpaired) electrons. The van der Waals surface area contributed by atoms with E-state index in [9.17, 15) is 9.59 Å². The highest BCUT2D eigenvalue weighted by molar-refractivity contribution is 7.99. The van der Waals surface area contributed by atoms with E-state index in [-0.39, 0.29) is 17.6 Å². The minimum Gasteiger partial charge on any atom is -0.378 e. The van der Waals surface area contributed by atoms with Crippen LogP contribution in [0.25, 0.3) is 0 Å². The molecule has 3 rings (SSSR count). The molecule has 8 heteroatoms. The minimum atomic E-state index is -1.10. The van der Waals surface area contributed by atoms with Crippen molar-refractivity contribution in [2.24, 2.45) is 0 Å². The normalized spacial score (nSPS) is 11.1. The van der Waals surface area contributed by atoms with E-state index in [2.05, 4.69) is 15.3 Å². The predicted octanol–water partition coefficient (Wildman–Crippen LogP) is 4.70. The second-order valence-corrected chi connectivity index (χ2v) is 10.1. The largest absolute Gasteiger partial charge is 0.378 e. The zero-order valence-corrected chi connectivity index (χ0v) is 22.0. The van der Waals surface area contributed by atoms with Crippen molar-refractivity contribution in [3.05, 3.63) is 77.6 Å². The molecule has 1 heterocycles. The molecule has 1 N–H and O–H groups in total. The van der Waals surface area contributed by atoms with Crippen molar-refractivity contribution in [3.8, 4) is 0 Å². The number of aromatic nitrogens is 2. The number of carbonyl (C=O) groups excluding carboxylic acids is 2. The highest BCUT2D eigenvalue weighted by Gasteiger charge is 2.38. The fourth-order valence-corrected chi connectivity index (χ4v) is 4.40. The van der Waals surface area contributed by atoms with E-state index in [1.54, 1.807) is 18.7 Å². The fraction of sp³-hybridized carbons (Fsp3) is 0.333. The van der Waals surface area contributed by atoms with Crippen LogP contribution in [0.1, 0.15) is 30.8 Å². The lowest BCUT2D eigenvalue weighted by molar-refractivity contribution is -0.142. The lowest BCUT2D eigenvalue weighted by atomic mass is 9.99. The van der Waals surface area contributed by atoms with Crippen LogP contribution < -0.4 is 10.2 Å². The summed E-state index contributed by atoms with van der Waals surface area (Å²) in [5.74, 6) is -0.291. The van der Waals surface area contributed by atoms with Crippen LogP contribution in [0.5, 0.6) is 0 Å². The molecule has 0 spiro atoms. The van der Waals surface area contributed by atoms with Gasteiger partial charge in [-0.05, 0) is 63.6 Å². The highest BCUT2D eigenvalue weighted by atomic mass is 32.2. The topological polar surface area (TPSA) is 78.4 Å². The molecule has 0 saturated heterocycles. The minimum absolute atomic E-state index is 0.129. The van der Waals surface area contributed by atoms with Gasteiger partial charge in [0.25, 0.3) is 0 Å². The number of carbonyl (C=O) groups is 2. The van der Waals surface area contributed by atoms with Crippen LogP contribution in [0, 0.1) is 13.8 Å². The smallest absolute Gasteiger partial charge is 0.249 e. The van der Waals surface area contributed by atoms with E-state index in [4.69, 9.17) is 0 Å². The maximum atomic E-state index is 13.5. The Kier molecular flexibility index (Phi) is 8.51. The van der Waals surface area contributed by atoms with Gasteiger partial charge in [0.15, 0.2) is 5.16 Å². The van der Waals surface area contributed by atoms with Crippen molar-refractivity contribution >= 4 is 35.0 Å². The predicted molar refractivity (Wildman–Crippen MR) is 143 cm³/mol. The first kappa shape index (κ1) is 26.2. The van der Waals surface area contributed by atoms with Gasteiger partial charge >= 0.3 is 0 Å². The number of nitrogens with zero attached hydrogens (tertiary/aromatic N) is 4. The van der Waals surface area contributed by atoms with E-state index in [1.807, 2.05) is 93.5 Å². The number of thioether (sulfide) groups is 1. The molecule has 0 fully saturated rings. The zero-order valence-electron chi connectivity index (χ0n) is 21.2. The Hall–Kier alpha value is -3.39. The molecular formula is C27H33N5O2S. The maximum absolute atomic E-state index is 13.5. The fourth-order valence-electron chi connectivity index (χ4n) is 3.58. The van der Waals surface area contributed by atoms with Crippen molar-refractivity contribution < 1.29 is 9.59 Å². The number of amides is 2. The zero-order chi connectivity index (χ0) is 25.6. The average molecular weight is 492 g/mol. The molecule has 0 atom stereocenters. The van der Waals surface area contributed by atoms with Crippen molar-refractivity contribution in [3.63, 3.8) is 0 Å². The molecular weight excluding hydrogens is 458 g/mol. The van der Waals surface area contributed by atoms with E-state index in [0.717, 1.165) is 22.6 Å². The van der Waals surface area contributed by atoms with Gasteiger partial charge in [-0.15, -0.1) is 0 Å². The Morgan fingerprint density at radius 2 is 1.54 bits per heavy atom. The number of aryl methyl sites for hydroxylation is 2. The van der Waals surface area contributed by atoms with Crippen LogP contribution in [0.15, 0.2) is 65.8 Å². The summed E-state index contributed by atoms with van der Waals surface area (Å²) in [5.41, 5.74) is 3.27. The van der Waals surface area contributed by atoms with Gasteiger partial charge in [0.1, 0.15) is 5.54 Å². The molecule has 2 amide bonds. The third kappa shape index (κ3) is 7.05. The summed E-state index contributed by atoms with van der Waals surface area (Å²) in [5, 5.41) is 3.53. The first-order valence-electron chi connectivity index (χ1n) is 11.4. The van der Waals surface area contributed by atoms with Gasteiger partial charge in [-0.2, -0.15) is 0 Å². The van der Waals surface area contributed by atoms with Gasteiger partial charge in [0.2, 0.25) is 11.8 Å². The second-order valence-electron chi connectivity index (χ2n) is 9.14. The number of hydrogen-bond donors (Lipinski definition) is 1. The molecule has 184 valence electrons. The standard InChI is InChI=1S/C27H33N5O2S/c1-19-16-20(2)29-26(28-19)35-18-24(33)32(17-21-10-8-7-9-11-21)27(3,4)25(34)30-22-12-14-23(15-13-22)31(5)6/h7-16H,17-18H2,1-6H3,(H,30,34). The van der Waals surface area contributed by atoms with Crippen LogP contribution in [-0.2, 0) is 16.1 Å². The first-order chi connectivity index (χ1) is 16.6. The van der Waals surface area contributed by atoms with Gasteiger partial charge in [-0.1, -0.05) is 42.1 Å². The number of hydrogen-bond acceptors (Lipinski definition) is 6. The molecule has 3 aromatic rings. The maximum Gasteiger partial charge on any atom is 0.249 e. The number of nitrogens with one attached hydrogen (secondary N) is 1. The van der Waals surface area contributed by atoms with Crippen molar-refractivity contribution in [1.29, 1.82) is 0 Å². The summed E-state index contributed by atoms with van der Waals surface area (Å²) in [7, 11) is 3.93. The molecule has 1 aromatic heterocycles. The molecule has 35 heavy (non-hydrogen) atoms. The first-order valence-corrected chi connectivity index (χ1v) is 12.4. The molecule has 0 aliphatic heterocycles. The van der Waals surface area contributed by atoms with Crippen LogP contribution in [-0.4, -0.2) is 52.1 Å². The third-order valence-electron chi connectivity index (χ3n) is 5.64. The number of anilines is 2. The SMILES string of the molecule is Cc1cc(C)nc(SCC(=O)N(Cc2ccccc2)C(C)(C)C(=O)Nc2ccc(N(C)C)cc2)n1. The third-order valence-corrected chi connectivity index (χ3v) is 6.48. The molecule has 7 nitrogen and oxygen atoms in total. The van der Waals surface area contributed by atoms with Crippen LogP contribution >= 0.6 is 11.8 Å². The van der Waals surface area contributed by atoms with Gasteiger partial charge < -0.3 is 15.1 Å². The Morgan fingerprint density at radius 1 is 0.943 bits per heavy atom. The molecule has 0 bridgehead atoms. The summed E-state index contributed by atoms with van der Waals surface area (Å²) in [6, 6.07) is 19.2. The van der Waals surface area contributed by atoms with Crippen LogP contribution in [0.2, 0.25) is 0 Å². The van der Waals surface area contributed by atoms with E-state index < -0.39 is 5.54 Å². The summed E-state index contributed by atoms with van der Waals surface area (Å²) in [6.07, 6.45) is 0. The Labute approximate surface area is 212 Å². The lowest BCUT2D eigenvalue weighted by Gasteiger charge is -2.37. The van der Waals surface area contributed by atoms with E-state index in [1.165, 1.54) is 11.8 Å². The summed E-state index contributed by atoms with van der Waals surface area (Å²) < 4.78 is 0. The van der Waals surface area contributed by atoms with Crippen LogP contribution in [0.3, 0.4) is 0 Å². The Bertz CT molecular complexity index is 1140. The van der Waals surface area contributed by atoms with Gasteiger partial charge in [0, 0.05) is 43.4 Å². The molecule has 2 aromatic carbocycles. The van der Waals surface area contributed by atoms with Crippen molar-refractivity contribution in [1.82, 2.24) is 14.9 Å². The second kappa shape index (κ2) is 11.4. The molecule has 0 aliphatic carbocycles. The van der Waals surface area contributed by atoms with Gasteiger partial charge in [-0.3, -0.25) is 9.59 Å². The van der Waals surface area contributed by atoms with Gasteiger partial charge in [-0.25, -0.2) is 9.97 Å².